The van der Waals surface area contributed by atoms with Gasteiger partial charge in [0, 0.05) is 6.20 Å². The van der Waals surface area contributed by atoms with E-state index in [4.69, 9.17) is 16.0 Å². The van der Waals surface area contributed by atoms with Crippen LogP contribution in [0.4, 0.5) is 0 Å². The molecule has 1 aromatic carbocycles. The Morgan fingerprint density at radius 2 is 1.96 bits per heavy atom. The molecule has 0 fully saturated rings. The van der Waals surface area contributed by atoms with Gasteiger partial charge in [-0.05, 0) is 30.3 Å². The van der Waals surface area contributed by atoms with Gasteiger partial charge in [-0.25, -0.2) is 4.68 Å². The van der Waals surface area contributed by atoms with Crippen LogP contribution in [-0.2, 0) is 0 Å². The van der Waals surface area contributed by atoms with Crippen molar-refractivity contribution in [2.75, 3.05) is 0 Å². The Hall–Kier alpha value is -3.17. The number of aromatic nitrogens is 2. The van der Waals surface area contributed by atoms with Gasteiger partial charge in [0.05, 0.1) is 23.0 Å². The van der Waals surface area contributed by atoms with Crippen molar-refractivity contribution < 1.29 is 14.0 Å². The maximum absolute atomic E-state index is 12.4. The zero-order valence-corrected chi connectivity index (χ0v) is 13.0. The summed E-state index contributed by atoms with van der Waals surface area (Å²) in [7, 11) is 0. The zero-order chi connectivity index (χ0) is 17.1. The molecule has 0 spiro atoms. The molecule has 0 aliphatic rings. The summed E-state index contributed by atoms with van der Waals surface area (Å²) in [5.41, 5.74) is 0.588. The van der Waals surface area contributed by atoms with Crippen molar-refractivity contribution in [1.82, 2.24) is 9.78 Å². The van der Waals surface area contributed by atoms with Crippen LogP contribution in [0, 0.1) is 17.2 Å². The minimum atomic E-state index is -1.51. The van der Waals surface area contributed by atoms with Crippen LogP contribution in [0.3, 0.4) is 0 Å². The number of Topliss-reactive ketones (excluding diaryl/α,β-unsaturated/α-hetero) is 2. The van der Waals surface area contributed by atoms with Gasteiger partial charge in [-0.15, -0.1) is 0 Å². The van der Waals surface area contributed by atoms with E-state index in [-0.39, 0.29) is 11.5 Å². The summed E-state index contributed by atoms with van der Waals surface area (Å²) in [5, 5.41) is 13.8. The number of hydrogen-bond acceptors (Lipinski definition) is 5. The number of nitriles is 1. The molecule has 0 aliphatic heterocycles. The van der Waals surface area contributed by atoms with Gasteiger partial charge in [0.15, 0.2) is 11.7 Å². The molecule has 0 N–H and O–H groups in total. The van der Waals surface area contributed by atoms with Crippen LogP contribution >= 0.6 is 11.6 Å². The molecule has 7 heteroatoms. The molecule has 1 atom stereocenters. The molecule has 2 aromatic heterocycles. The van der Waals surface area contributed by atoms with E-state index in [1.54, 1.807) is 36.5 Å². The fourth-order valence-corrected chi connectivity index (χ4v) is 2.39. The quantitative estimate of drug-likeness (QED) is 0.525. The van der Waals surface area contributed by atoms with Crippen LogP contribution in [-0.4, -0.2) is 21.3 Å². The third-order valence-electron chi connectivity index (χ3n) is 3.36. The van der Waals surface area contributed by atoms with E-state index >= 15 is 0 Å². The van der Waals surface area contributed by atoms with Gasteiger partial charge in [0.25, 0.3) is 0 Å². The summed E-state index contributed by atoms with van der Waals surface area (Å²) in [6.45, 7) is 0. The van der Waals surface area contributed by atoms with Gasteiger partial charge in [-0.2, -0.15) is 10.4 Å². The second kappa shape index (κ2) is 6.52. The van der Waals surface area contributed by atoms with Crippen molar-refractivity contribution in [3.8, 4) is 11.8 Å². The predicted molar refractivity (Wildman–Crippen MR) is 85.0 cm³/mol. The van der Waals surface area contributed by atoms with Crippen LogP contribution in [0.5, 0.6) is 0 Å². The first kappa shape index (κ1) is 15.7. The number of nitrogens with zero attached hydrogens (tertiary/aromatic N) is 3. The first-order valence-corrected chi connectivity index (χ1v) is 7.31. The Morgan fingerprint density at radius 1 is 1.17 bits per heavy atom. The summed E-state index contributed by atoms with van der Waals surface area (Å²) in [6, 6.07) is 13.0. The standard InChI is InChI=1S/C17H10ClN3O3/c18-12-4-1-2-5-14(12)21-8-7-13(20-21)16(22)11(10-19)17(23)15-6-3-9-24-15/h1-9,11H. The molecule has 0 radical (unpaired) electrons. The first-order chi connectivity index (χ1) is 11.6. The second-order valence-corrected chi connectivity index (χ2v) is 5.27. The number of carbonyl (C=O) groups excluding carboxylic acids is 2. The lowest BCUT2D eigenvalue weighted by atomic mass is 9.97. The molecule has 6 nitrogen and oxygen atoms in total. The SMILES string of the molecule is N#CC(C(=O)c1ccn(-c2ccccc2Cl)n1)C(=O)c1ccco1. The van der Waals surface area contributed by atoms with E-state index < -0.39 is 17.5 Å². The van der Waals surface area contributed by atoms with Crippen molar-refractivity contribution >= 4 is 23.2 Å². The van der Waals surface area contributed by atoms with Gasteiger partial charge < -0.3 is 4.42 Å². The van der Waals surface area contributed by atoms with Gasteiger partial charge in [0.2, 0.25) is 11.6 Å². The number of ketones is 2. The van der Waals surface area contributed by atoms with Crippen molar-refractivity contribution in [1.29, 1.82) is 5.26 Å². The molecule has 1 unspecified atom stereocenters. The molecular weight excluding hydrogens is 330 g/mol. The number of halogens is 1. The van der Waals surface area contributed by atoms with Crippen molar-refractivity contribution in [3.63, 3.8) is 0 Å². The summed E-state index contributed by atoms with van der Waals surface area (Å²) in [5.74, 6) is -2.93. The lowest BCUT2D eigenvalue weighted by Crippen LogP contribution is -2.23. The van der Waals surface area contributed by atoms with Crippen LogP contribution in [0.2, 0.25) is 5.02 Å². The normalized spacial score (nSPS) is 11.7. The van der Waals surface area contributed by atoms with Gasteiger partial charge >= 0.3 is 0 Å². The largest absolute Gasteiger partial charge is 0.461 e. The second-order valence-electron chi connectivity index (χ2n) is 4.86. The van der Waals surface area contributed by atoms with Crippen LogP contribution in [0.25, 0.3) is 5.69 Å². The van der Waals surface area contributed by atoms with Crippen LogP contribution in [0.15, 0.2) is 59.3 Å². The van der Waals surface area contributed by atoms with Gasteiger partial charge in [-0.3, -0.25) is 9.59 Å². The van der Waals surface area contributed by atoms with E-state index in [0.29, 0.717) is 10.7 Å². The molecule has 118 valence electrons. The highest BCUT2D eigenvalue weighted by molar-refractivity contribution is 6.32. The summed E-state index contributed by atoms with van der Waals surface area (Å²) >= 11 is 6.09. The Balaban J connectivity index is 1.89. The van der Waals surface area contributed by atoms with Crippen LogP contribution < -0.4 is 0 Å². The highest BCUT2D eigenvalue weighted by Crippen LogP contribution is 2.20. The van der Waals surface area contributed by atoms with Gasteiger partial charge in [-0.1, -0.05) is 23.7 Å². The molecular formula is C17H10ClN3O3. The molecule has 0 amide bonds. The summed E-state index contributed by atoms with van der Waals surface area (Å²) in [6.07, 6.45) is 2.85. The minimum Gasteiger partial charge on any atom is -0.461 e. The zero-order valence-electron chi connectivity index (χ0n) is 12.2. The topological polar surface area (TPSA) is 88.9 Å². The van der Waals surface area contributed by atoms with Crippen molar-refractivity contribution in [3.05, 3.63) is 71.4 Å². The number of carbonyl (C=O) groups is 2. The fourth-order valence-electron chi connectivity index (χ4n) is 2.17. The number of hydrogen-bond donors (Lipinski definition) is 0. The van der Waals surface area contributed by atoms with E-state index in [9.17, 15) is 14.9 Å². The molecule has 0 saturated carbocycles. The molecule has 2 heterocycles. The third-order valence-corrected chi connectivity index (χ3v) is 3.68. The van der Waals surface area contributed by atoms with Crippen LogP contribution in [0.1, 0.15) is 21.0 Å². The molecule has 24 heavy (non-hydrogen) atoms. The van der Waals surface area contributed by atoms with Crippen molar-refractivity contribution in [2.24, 2.45) is 5.92 Å². The molecule has 0 bridgehead atoms. The molecule has 3 aromatic rings. The first-order valence-electron chi connectivity index (χ1n) is 6.94. The fraction of sp³-hybridized carbons (Fsp3) is 0.0588. The Bertz CT molecular complexity index is 938. The highest BCUT2D eigenvalue weighted by Gasteiger charge is 2.31. The van der Waals surface area contributed by atoms with E-state index in [2.05, 4.69) is 5.10 Å². The lowest BCUT2D eigenvalue weighted by Gasteiger charge is -2.04. The Labute approximate surface area is 141 Å². The molecule has 3 rings (SSSR count). The predicted octanol–water partition coefficient (Wildman–Crippen LogP) is 3.32. The number of furan rings is 1. The maximum atomic E-state index is 12.4. The Morgan fingerprint density at radius 3 is 2.62 bits per heavy atom. The highest BCUT2D eigenvalue weighted by atomic mass is 35.5. The van der Waals surface area contributed by atoms with Crippen molar-refractivity contribution in [2.45, 2.75) is 0 Å². The maximum Gasteiger partial charge on any atom is 0.223 e. The van der Waals surface area contributed by atoms with E-state index in [1.165, 1.54) is 29.1 Å². The summed E-state index contributed by atoms with van der Waals surface area (Å²) < 4.78 is 6.38. The number of benzene rings is 1. The number of rotatable bonds is 5. The molecule has 0 saturated heterocycles. The number of para-hydroxylation sites is 1. The van der Waals surface area contributed by atoms with E-state index in [1.807, 2.05) is 0 Å². The minimum absolute atomic E-state index is 0.00127. The third kappa shape index (κ3) is 2.85. The van der Waals surface area contributed by atoms with Gasteiger partial charge in [0.1, 0.15) is 5.69 Å². The average Bonchev–Trinajstić information content (AvgIpc) is 3.27. The smallest absolute Gasteiger partial charge is 0.223 e. The summed E-state index contributed by atoms with van der Waals surface area (Å²) in [4.78, 5) is 24.6. The average molecular weight is 340 g/mol. The van der Waals surface area contributed by atoms with E-state index in [0.717, 1.165) is 0 Å². The molecule has 0 aliphatic carbocycles. The Kier molecular flexibility index (Phi) is 4.27. The lowest BCUT2D eigenvalue weighted by molar-refractivity contribution is 0.0826. The monoisotopic (exact) mass is 339 g/mol.